The van der Waals surface area contributed by atoms with E-state index in [0.29, 0.717) is 11.5 Å². The first-order valence-electron chi connectivity index (χ1n) is 9.84. The largest absolute Gasteiger partial charge is 0.497 e. The number of benzene rings is 3. The van der Waals surface area contributed by atoms with E-state index in [4.69, 9.17) is 14.2 Å². The molecular formula is C23H20N2O7S2. The number of hydrogen-bond acceptors (Lipinski definition) is 9. The molecule has 11 heteroatoms. The highest BCUT2D eigenvalue weighted by Crippen LogP contribution is 2.34. The summed E-state index contributed by atoms with van der Waals surface area (Å²) in [6.07, 6.45) is 1.24. The zero-order valence-electron chi connectivity index (χ0n) is 18.4. The number of aromatic nitrogens is 2. The number of rotatable bonds is 7. The van der Waals surface area contributed by atoms with Gasteiger partial charge >= 0.3 is 0 Å². The van der Waals surface area contributed by atoms with E-state index in [0.717, 1.165) is 0 Å². The number of hydrogen-bond donors (Lipinski definition) is 0. The highest BCUT2D eigenvalue weighted by Gasteiger charge is 2.28. The molecule has 0 unspecified atom stereocenters. The molecule has 0 spiro atoms. The summed E-state index contributed by atoms with van der Waals surface area (Å²) in [5.41, 5.74) is -0.212. The van der Waals surface area contributed by atoms with Gasteiger partial charge < -0.3 is 14.2 Å². The Morgan fingerprint density at radius 1 is 0.588 bits per heavy atom. The maximum atomic E-state index is 13.4. The van der Waals surface area contributed by atoms with Crippen LogP contribution in [0, 0.1) is 0 Å². The SMILES string of the molecule is COc1ccc(S(=O)(=O)c2ccc(S(=O)(=O)c3ccc(OC)cc3)c3nc(OC)cnc23)cc1. The van der Waals surface area contributed by atoms with Crippen molar-refractivity contribution in [3.63, 3.8) is 0 Å². The summed E-state index contributed by atoms with van der Waals surface area (Å²) in [6, 6.07) is 14.1. The predicted octanol–water partition coefficient (Wildman–Crippen LogP) is 3.32. The Labute approximate surface area is 196 Å². The quantitative estimate of drug-likeness (QED) is 0.376. The molecule has 4 rings (SSSR count). The van der Waals surface area contributed by atoms with E-state index in [-0.39, 0.29) is 36.5 Å². The maximum Gasteiger partial charge on any atom is 0.232 e. The lowest BCUT2D eigenvalue weighted by Crippen LogP contribution is -2.09. The Balaban J connectivity index is 1.95. The first-order valence-corrected chi connectivity index (χ1v) is 12.8. The first kappa shape index (κ1) is 23.5. The molecule has 0 fully saturated rings. The molecule has 0 radical (unpaired) electrons. The average molecular weight is 501 g/mol. The predicted molar refractivity (Wildman–Crippen MR) is 123 cm³/mol. The van der Waals surface area contributed by atoms with Gasteiger partial charge in [0.2, 0.25) is 25.6 Å². The van der Waals surface area contributed by atoms with Gasteiger partial charge in [-0.2, -0.15) is 0 Å². The Kier molecular flexibility index (Phi) is 6.15. The maximum absolute atomic E-state index is 13.4. The zero-order valence-corrected chi connectivity index (χ0v) is 20.1. The smallest absolute Gasteiger partial charge is 0.232 e. The number of sulfone groups is 2. The molecule has 0 atom stereocenters. The Hall–Kier alpha value is -3.70. The van der Waals surface area contributed by atoms with Crippen LogP contribution in [-0.2, 0) is 19.7 Å². The fourth-order valence-electron chi connectivity index (χ4n) is 3.33. The molecule has 0 bridgehead atoms. The minimum absolute atomic E-state index is 0.00187. The van der Waals surface area contributed by atoms with E-state index in [9.17, 15) is 16.8 Å². The van der Waals surface area contributed by atoms with Crippen LogP contribution in [0.5, 0.6) is 17.4 Å². The monoisotopic (exact) mass is 500 g/mol. The normalized spacial score (nSPS) is 11.9. The third-order valence-corrected chi connectivity index (χ3v) is 8.73. The molecule has 3 aromatic carbocycles. The van der Waals surface area contributed by atoms with Gasteiger partial charge in [0.15, 0.2) is 0 Å². The molecule has 0 aliphatic rings. The molecular weight excluding hydrogens is 480 g/mol. The van der Waals surface area contributed by atoms with Crippen LogP contribution in [0.3, 0.4) is 0 Å². The standard InChI is InChI=1S/C23H20N2O7S2/c1-30-15-4-8-17(9-5-15)33(26,27)19-12-13-20(23-22(19)24-14-21(25-23)32-3)34(28,29)18-10-6-16(31-2)7-11-18/h4-14H,1-3H3. The van der Waals surface area contributed by atoms with E-state index >= 15 is 0 Å². The van der Waals surface area contributed by atoms with E-state index in [1.165, 1.54) is 88.2 Å². The van der Waals surface area contributed by atoms with Crippen molar-refractivity contribution >= 4 is 30.7 Å². The second-order valence-corrected chi connectivity index (χ2v) is 10.9. The molecule has 4 aromatic rings. The summed E-state index contributed by atoms with van der Waals surface area (Å²) in [7, 11) is -3.83. The summed E-state index contributed by atoms with van der Waals surface area (Å²) >= 11 is 0. The van der Waals surface area contributed by atoms with Crippen LogP contribution in [0.2, 0.25) is 0 Å². The van der Waals surface area contributed by atoms with Crippen molar-refractivity contribution in [2.75, 3.05) is 21.3 Å². The van der Waals surface area contributed by atoms with Crippen molar-refractivity contribution in [3.8, 4) is 17.4 Å². The van der Waals surface area contributed by atoms with Crippen molar-refractivity contribution in [2.45, 2.75) is 19.6 Å². The highest BCUT2D eigenvalue weighted by molar-refractivity contribution is 7.92. The lowest BCUT2D eigenvalue weighted by atomic mass is 10.3. The Bertz CT molecular complexity index is 1570. The Morgan fingerprint density at radius 2 is 1.03 bits per heavy atom. The summed E-state index contributed by atoms with van der Waals surface area (Å²) in [5, 5.41) is 0. The first-order chi connectivity index (χ1) is 16.2. The molecule has 0 saturated heterocycles. The van der Waals surface area contributed by atoms with Crippen LogP contribution >= 0.6 is 0 Å². The lowest BCUT2D eigenvalue weighted by Gasteiger charge is -2.13. The molecule has 0 aliphatic carbocycles. The zero-order chi connectivity index (χ0) is 24.5. The van der Waals surface area contributed by atoms with Gasteiger partial charge in [-0.1, -0.05) is 0 Å². The molecule has 0 amide bonds. The molecule has 0 N–H and O–H groups in total. The van der Waals surface area contributed by atoms with Crippen molar-refractivity contribution in [1.82, 2.24) is 9.97 Å². The Morgan fingerprint density at radius 3 is 1.44 bits per heavy atom. The van der Waals surface area contributed by atoms with Gasteiger partial charge in [-0.3, -0.25) is 0 Å². The minimum atomic E-state index is -4.08. The lowest BCUT2D eigenvalue weighted by molar-refractivity contribution is 0.397. The minimum Gasteiger partial charge on any atom is -0.497 e. The van der Waals surface area contributed by atoms with Gasteiger partial charge in [-0.15, -0.1) is 0 Å². The van der Waals surface area contributed by atoms with E-state index in [1.54, 1.807) is 0 Å². The summed E-state index contributed by atoms with van der Waals surface area (Å²) in [4.78, 5) is 8.04. The fraction of sp³-hybridized carbons (Fsp3) is 0.130. The number of nitrogens with zero attached hydrogens (tertiary/aromatic N) is 2. The molecule has 1 heterocycles. The van der Waals surface area contributed by atoms with Gasteiger partial charge in [-0.25, -0.2) is 26.8 Å². The van der Waals surface area contributed by atoms with Gasteiger partial charge in [0, 0.05) is 0 Å². The van der Waals surface area contributed by atoms with Crippen LogP contribution in [-0.4, -0.2) is 48.1 Å². The van der Waals surface area contributed by atoms with Crippen molar-refractivity contribution in [1.29, 1.82) is 0 Å². The van der Waals surface area contributed by atoms with Crippen LogP contribution in [0.4, 0.5) is 0 Å². The second-order valence-electron chi connectivity index (χ2n) is 7.03. The molecule has 0 aliphatic heterocycles. The summed E-state index contributed by atoms with van der Waals surface area (Å²) < 4.78 is 69.0. The average Bonchev–Trinajstić information content (AvgIpc) is 2.87. The van der Waals surface area contributed by atoms with E-state index in [2.05, 4.69) is 9.97 Å². The van der Waals surface area contributed by atoms with Gasteiger partial charge in [0.25, 0.3) is 0 Å². The second kappa shape index (κ2) is 8.92. The number of methoxy groups -OCH3 is 3. The van der Waals surface area contributed by atoms with Crippen LogP contribution in [0.25, 0.3) is 11.0 Å². The van der Waals surface area contributed by atoms with Crippen molar-refractivity contribution < 1.29 is 31.0 Å². The van der Waals surface area contributed by atoms with Crippen LogP contribution in [0.1, 0.15) is 0 Å². The van der Waals surface area contributed by atoms with Crippen LogP contribution < -0.4 is 14.2 Å². The van der Waals surface area contributed by atoms with Crippen molar-refractivity contribution in [3.05, 3.63) is 66.9 Å². The van der Waals surface area contributed by atoms with Crippen molar-refractivity contribution in [2.24, 2.45) is 0 Å². The van der Waals surface area contributed by atoms with Crippen LogP contribution in [0.15, 0.2) is 86.4 Å². The molecule has 9 nitrogen and oxygen atoms in total. The molecule has 0 saturated carbocycles. The third kappa shape index (κ3) is 4.03. The topological polar surface area (TPSA) is 122 Å². The number of ether oxygens (including phenoxy) is 3. The summed E-state index contributed by atoms with van der Waals surface area (Å²) in [5.74, 6) is 1.03. The number of fused-ring (bicyclic) bond motifs is 1. The molecule has 34 heavy (non-hydrogen) atoms. The fourth-order valence-corrected chi connectivity index (χ4v) is 6.12. The van der Waals surface area contributed by atoms with E-state index < -0.39 is 19.7 Å². The molecule has 176 valence electrons. The third-order valence-electron chi connectivity index (χ3n) is 5.13. The molecule has 1 aromatic heterocycles. The highest BCUT2D eigenvalue weighted by atomic mass is 32.2. The van der Waals surface area contributed by atoms with E-state index in [1.807, 2.05) is 0 Å². The van der Waals surface area contributed by atoms with Gasteiger partial charge in [0.05, 0.1) is 47.1 Å². The van der Waals surface area contributed by atoms with Gasteiger partial charge in [0.1, 0.15) is 22.5 Å². The van der Waals surface area contributed by atoms with Gasteiger partial charge in [-0.05, 0) is 60.7 Å². The summed E-state index contributed by atoms with van der Waals surface area (Å²) in [6.45, 7) is 0.